The Labute approximate surface area is 244 Å². The highest BCUT2D eigenvalue weighted by Gasteiger charge is 2.38. The molecule has 2 N–H and O–H groups in total. The van der Waals surface area contributed by atoms with Crippen LogP contribution < -0.4 is 10.6 Å². The van der Waals surface area contributed by atoms with E-state index in [9.17, 15) is 27.0 Å². The topological polar surface area (TPSA) is 104 Å². The number of alkyl halides is 3. The smallest absolute Gasteiger partial charge is 0.367 e. The molecule has 8 nitrogen and oxygen atoms in total. The molecule has 0 radical (unpaired) electrons. The molecule has 2 aromatic rings. The molecular formula is C28H36F3N5O3S2. The van der Waals surface area contributed by atoms with Crippen molar-refractivity contribution in [3.8, 4) is 10.4 Å². The van der Waals surface area contributed by atoms with Gasteiger partial charge in [-0.1, -0.05) is 19.3 Å². The van der Waals surface area contributed by atoms with Gasteiger partial charge in [0.1, 0.15) is 11.5 Å². The molecule has 1 aliphatic carbocycles. The molecule has 3 aliphatic rings. The fraction of sp³-hybridized carbons (Fsp3) is 0.643. The van der Waals surface area contributed by atoms with E-state index < -0.39 is 34.4 Å². The maximum absolute atomic E-state index is 14.5. The van der Waals surface area contributed by atoms with Gasteiger partial charge in [0.2, 0.25) is 0 Å². The number of pyridine rings is 1. The van der Waals surface area contributed by atoms with E-state index in [-0.39, 0.29) is 45.1 Å². The molecule has 13 heteroatoms. The van der Waals surface area contributed by atoms with Crippen molar-refractivity contribution in [2.24, 2.45) is 0 Å². The summed E-state index contributed by atoms with van der Waals surface area (Å²) in [5.41, 5.74) is -1.33. The van der Waals surface area contributed by atoms with Gasteiger partial charge in [-0.05, 0) is 57.9 Å². The largest absolute Gasteiger partial charge is 0.417 e. The fourth-order valence-electron chi connectivity index (χ4n) is 5.87. The predicted molar refractivity (Wildman–Crippen MR) is 154 cm³/mol. The number of nitrogens with one attached hydrogen (secondary N) is 2. The fourth-order valence-corrected chi connectivity index (χ4v) is 8.15. The second-order valence-electron chi connectivity index (χ2n) is 11.2. The van der Waals surface area contributed by atoms with Crippen molar-refractivity contribution < 1.29 is 27.0 Å². The molecule has 4 heterocycles. The quantitative estimate of drug-likeness (QED) is 0.439. The first kappa shape index (κ1) is 29.9. The number of halogens is 3. The Morgan fingerprint density at radius 2 is 1.73 bits per heavy atom. The zero-order valence-corrected chi connectivity index (χ0v) is 24.7. The van der Waals surface area contributed by atoms with E-state index in [0.29, 0.717) is 30.9 Å². The van der Waals surface area contributed by atoms with E-state index in [4.69, 9.17) is 0 Å². The molecule has 0 aromatic carbocycles. The second kappa shape index (κ2) is 12.8. The van der Waals surface area contributed by atoms with Crippen LogP contribution in [0.4, 0.5) is 19.0 Å². The van der Waals surface area contributed by atoms with Crippen LogP contribution >= 0.6 is 11.3 Å². The van der Waals surface area contributed by atoms with Gasteiger partial charge in [0, 0.05) is 58.7 Å². The lowest BCUT2D eigenvalue weighted by Crippen LogP contribution is -2.42. The van der Waals surface area contributed by atoms with Gasteiger partial charge in [0.25, 0.3) is 11.8 Å². The Balaban J connectivity index is 1.51. The normalized spacial score (nSPS) is 24.2. The number of nitrogens with zero attached hydrogens (tertiary/aromatic N) is 3. The van der Waals surface area contributed by atoms with Crippen LogP contribution in [0.2, 0.25) is 0 Å². The first-order valence-corrected chi connectivity index (χ1v) is 16.7. The predicted octanol–water partition coefficient (Wildman–Crippen LogP) is 5.62. The van der Waals surface area contributed by atoms with E-state index in [1.54, 1.807) is 4.90 Å². The van der Waals surface area contributed by atoms with Crippen molar-refractivity contribution in [2.45, 2.75) is 95.4 Å². The Morgan fingerprint density at radius 1 is 1.02 bits per heavy atom. The summed E-state index contributed by atoms with van der Waals surface area (Å²) in [6, 6.07) is 0.778. The van der Waals surface area contributed by atoms with Gasteiger partial charge in [-0.15, -0.1) is 11.3 Å². The van der Waals surface area contributed by atoms with Gasteiger partial charge in [-0.25, -0.2) is 9.97 Å². The average molecular weight is 612 g/mol. The van der Waals surface area contributed by atoms with Crippen LogP contribution in [-0.4, -0.2) is 67.1 Å². The third kappa shape index (κ3) is 7.10. The molecule has 2 amide bonds. The Morgan fingerprint density at radius 3 is 2.41 bits per heavy atom. The lowest BCUT2D eigenvalue weighted by Gasteiger charge is -2.33. The maximum Gasteiger partial charge on any atom is 0.417 e. The van der Waals surface area contributed by atoms with Gasteiger partial charge < -0.3 is 15.5 Å². The summed E-state index contributed by atoms with van der Waals surface area (Å²) in [7, 11) is -0.907. The Bertz CT molecular complexity index is 1290. The number of carbonyl (C=O) groups is 2. The minimum Gasteiger partial charge on any atom is -0.367 e. The summed E-state index contributed by atoms with van der Waals surface area (Å²) >= 11 is 0.784. The van der Waals surface area contributed by atoms with Gasteiger partial charge in [0.05, 0.1) is 10.4 Å². The lowest BCUT2D eigenvalue weighted by molar-refractivity contribution is -0.137. The van der Waals surface area contributed by atoms with Gasteiger partial charge in [-0.2, -0.15) is 13.2 Å². The number of hydrogen-bond acceptors (Lipinski definition) is 7. The Hall–Kier alpha value is -2.54. The molecule has 1 saturated carbocycles. The SMILES string of the molecule is CC1CCCCN1C(=O)c1nc(C(=O)NC2CCS(=O)CC2)sc1-c1cnc(NC2CCCCC2)cc1C(F)(F)F. The van der Waals surface area contributed by atoms with Crippen LogP contribution in [0, 0.1) is 0 Å². The van der Waals surface area contributed by atoms with Crippen LogP contribution in [0.3, 0.4) is 0 Å². The maximum atomic E-state index is 14.5. The van der Waals surface area contributed by atoms with E-state index in [1.807, 2.05) is 6.92 Å². The summed E-state index contributed by atoms with van der Waals surface area (Å²) in [6.45, 7) is 2.39. The second-order valence-corrected chi connectivity index (χ2v) is 13.9. The zero-order chi connectivity index (χ0) is 29.1. The lowest BCUT2D eigenvalue weighted by atomic mass is 9.95. The van der Waals surface area contributed by atoms with Crippen molar-refractivity contribution in [1.29, 1.82) is 0 Å². The average Bonchev–Trinajstić information content (AvgIpc) is 3.40. The molecule has 5 rings (SSSR count). The summed E-state index contributed by atoms with van der Waals surface area (Å²) in [5.74, 6) is 0.0754. The zero-order valence-electron chi connectivity index (χ0n) is 23.1. The molecule has 1 atom stereocenters. The highest BCUT2D eigenvalue weighted by molar-refractivity contribution is 7.85. The van der Waals surface area contributed by atoms with Crippen molar-refractivity contribution in [3.63, 3.8) is 0 Å². The number of aromatic nitrogens is 2. The molecule has 0 bridgehead atoms. The summed E-state index contributed by atoms with van der Waals surface area (Å²) < 4.78 is 55.1. The molecular weight excluding hydrogens is 575 g/mol. The van der Waals surface area contributed by atoms with Crippen LogP contribution in [0.25, 0.3) is 10.4 Å². The Kier molecular flexibility index (Phi) is 9.32. The third-order valence-corrected chi connectivity index (χ3v) is 10.7. The minimum absolute atomic E-state index is 0.00767. The van der Waals surface area contributed by atoms with Gasteiger partial charge in [0.15, 0.2) is 5.01 Å². The number of thiazole rings is 1. The van der Waals surface area contributed by atoms with E-state index in [1.165, 1.54) is 0 Å². The number of carbonyl (C=O) groups excluding carboxylic acids is 2. The molecule has 2 saturated heterocycles. The number of hydrogen-bond donors (Lipinski definition) is 2. The molecule has 0 spiro atoms. The first-order valence-electron chi connectivity index (χ1n) is 14.4. The van der Waals surface area contributed by atoms with Crippen LogP contribution in [0.5, 0.6) is 0 Å². The highest BCUT2D eigenvalue weighted by atomic mass is 32.2. The number of piperidine rings is 1. The standard InChI is InChI=1S/C28H36F3N5O3S2/c1-17-7-5-6-12-36(17)27(38)23-24(40-26(35-23)25(37)34-19-10-13-41(39)14-11-19)20-16-32-22(15-21(20)28(29,30)31)33-18-8-3-2-4-9-18/h15-19H,2-14H2,1H3,(H,32,33)(H,34,37). The number of rotatable bonds is 6. The number of amides is 2. The van der Waals surface area contributed by atoms with Crippen molar-refractivity contribution >= 4 is 39.8 Å². The monoisotopic (exact) mass is 611 g/mol. The first-order chi connectivity index (χ1) is 19.6. The van der Waals surface area contributed by atoms with Gasteiger partial charge in [-0.3, -0.25) is 13.8 Å². The summed E-state index contributed by atoms with van der Waals surface area (Å²) in [5, 5.41) is 5.96. The number of likely N-dealkylation sites (tertiary alicyclic amines) is 1. The molecule has 2 aromatic heterocycles. The molecule has 2 aliphatic heterocycles. The van der Waals surface area contributed by atoms with Gasteiger partial charge >= 0.3 is 6.18 Å². The molecule has 1 unspecified atom stereocenters. The minimum atomic E-state index is -4.72. The molecule has 41 heavy (non-hydrogen) atoms. The van der Waals surface area contributed by atoms with E-state index >= 15 is 0 Å². The molecule has 3 fully saturated rings. The summed E-state index contributed by atoms with van der Waals surface area (Å²) in [4.78, 5) is 37.3. The summed E-state index contributed by atoms with van der Waals surface area (Å²) in [6.07, 6.45) is 4.99. The van der Waals surface area contributed by atoms with Crippen molar-refractivity contribution in [1.82, 2.24) is 20.2 Å². The third-order valence-electron chi connectivity index (χ3n) is 8.22. The van der Waals surface area contributed by atoms with Crippen LogP contribution in [-0.2, 0) is 17.0 Å². The van der Waals surface area contributed by atoms with Crippen molar-refractivity contribution in [3.05, 3.63) is 28.5 Å². The number of anilines is 1. The highest BCUT2D eigenvalue weighted by Crippen LogP contribution is 2.42. The molecule has 224 valence electrons. The van der Waals surface area contributed by atoms with E-state index in [2.05, 4.69) is 20.6 Å². The van der Waals surface area contributed by atoms with Crippen LogP contribution in [0.1, 0.15) is 97.0 Å². The van der Waals surface area contributed by atoms with E-state index in [0.717, 1.165) is 75.0 Å². The van der Waals surface area contributed by atoms with Crippen molar-refractivity contribution in [2.75, 3.05) is 23.4 Å². The van der Waals surface area contributed by atoms with Crippen LogP contribution in [0.15, 0.2) is 12.3 Å².